The predicted octanol–water partition coefficient (Wildman–Crippen LogP) is 3.28. The first kappa shape index (κ1) is 18.3. The maximum Gasteiger partial charge on any atom is 0.248 e. The molecular weight excluding hydrogens is 401 g/mol. The fourth-order valence-corrected chi connectivity index (χ4v) is 4.68. The first-order chi connectivity index (χ1) is 12.3. The van der Waals surface area contributed by atoms with Gasteiger partial charge < -0.3 is 15.8 Å². The van der Waals surface area contributed by atoms with E-state index in [1.54, 1.807) is 0 Å². The minimum atomic E-state index is -3.92. The molecule has 8 nitrogen and oxygen atoms in total. The zero-order chi connectivity index (χ0) is 18.9. The highest BCUT2D eigenvalue weighted by Crippen LogP contribution is 2.37. The van der Waals surface area contributed by atoms with E-state index in [4.69, 9.17) is 33.7 Å². The number of nitrogens with two attached hydrogens (primary N) is 1. The summed E-state index contributed by atoms with van der Waals surface area (Å²) in [4.78, 5) is 3.74. The third-order valence-corrected chi connectivity index (χ3v) is 6.09. The number of methoxy groups -OCH3 is 1. The van der Waals surface area contributed by atoms with Gasteiger partial charge in [-0.2, -0.15) is 4.98 Å². The Kier molecular flexibility index (Phi) is 4.94. The summed E-state index contributed by atoms with van der Waals surface area (Å²) in [5.41, 5.74) is 5.86. The van der Waals surface area contributed by atoms with E-state index in [1.807, 2.05) is 0 Å². The van der Waals surface area contributed by atoms with Crippen LogP contribution < -0.4 is 15.8 Å². The van der Waals surface area contributed by atoms with E-state index >= 15 is 0 Å². The van der Waals surface area contributed by atoms with Crippen LogP contribution >= 0.6 is 23.2 Å². The van der Waals surface area contributed by atoms with E-state index < -0.39 is 9.84 Å². The second-order valence-electron chi connectivity index (χ2n) is 5.12. The summed E-state index contributed by atoms with van der Waals surface area (Å²) in [5.74, 6) is 0.857. The molecule has 0 unspecified atom stereocenters. The van der Waals surface area contributed by atoms with Crippen molar-refractivity contribution < 1.29 is 13.2 Å². The van der Waals surface area contributed by atoms with Crippen molar-refractivity contribution in [1.82, 2.24) is 15.2 Å². The van der Waals surface area contributed by atoms with Gasteiger partial charge in [-0.1, -0.05) is 23.2 Å². The summed E-state index contributed by atoms with van der Waals surface area (Å²) in [6.07, 6.45) is 0. The fourth-order valence-electron chi connectivity index (χ4n) is 2.22. The Hall–Kier alpha value is -2.49. The molecule has 0 spiro atoms. The van der Waals surface area contributed by atoms with Crippen LogP contribution in [0.15, 0.2) is 46.2 Å². The molecule has 1 aromatic heterocycles. The van der Waals surface area contributed by atoms with Gasteiger partial charge in [0.2, 0.25) is 21.7 Å². The van der Waals surface area contributed by atoms with Crippen LogP contribution in [0.3, 0.4) is 0 Å². The van der Waals surface area contributed by atoms with Crippen LogP contribution in [-0.2, 0) is 9.84 Å². The predicted molar refractivity (Wildman–Crippen MR) is 99.0 cm³/mol. The average Bonchev–Trinajstić information content (AvgIpc) is 2.99. The van der Waals surface area contributed by atoms with Gasteiger partial charge in [-0.3, -0.25) is 0 Å². The topological polar surface area (TPSA) is 123 Å². The molecule has 136 valence electrons. The third-order valence-electron chi connectivity index (χ3n) is 3.40. The number of nitrogens with one attached hydrogen (secondary N) is 2. The Morgan fingerprint density at radius 2 is 1.77 bits per heavy atom. The molecule has 0 aliphatic rings. The number of anilines is 3. The lowest BCUT2D eigenvalue weighted by molar-refractivity contribution is 0.414. The fraction of sp³-hybridized carbons (Fsp3) is 0.0667. The molecule has 0 amide bonds. The molecule has 0 aliphatic heterocycles. The van der Waals surface area contributed by atoms with Gasteiger partial charge in [0.25, 0.3) is 0 Å². The largest absolute Gasteiger partial charge is 0.497 e. The third kappa shape index (κ3) is 3.55. The van der Waals surface area contributed by atoms with Gasteiger partial charge in [-0.05, 0) is 36.4 Å². The highest BCUT2D eigenvalue weighted by molar-refractivity contribution is 7.91. The number of H-pyrrole nitrogens is 1. The minimum Gasteiger partial charge on any atom is -0.497 e. The van der Waals surface area contributed by atoms with Gasteiger partial charge in [0.05, 0.1) is 22.1 Å². The standard InChI is InChI=1S/C15H13Cl2N5O3S/c1-25-9-2-4-10(5-3-9)26(23,24)13-11(16)6-8(7-12(13)17)19-15-20-14(18)21-22-15/h2-7H,1H3,(H4,18,19,20,21,22). The number of rotatable bonds is 5. The van der Waals surface area contributed by atoms with Crippen molar-refractivity contribution in [2.24, 2.45) is 0 Å². The lowest BCUT2D eigenvalue weighted by Gasteiger charge is -2.11. The Morgan fingerprint density at radius 1 is 1.15 bits per heavy atom. The summed E-state index contributed by atoms with van der Waals surface area (Å²) in [6.45, 7) is 0. The zero-order valence-corrected chi connectivity index (χ0v) is 15.7. The molecule has 3 aromatic rings. The number of sulfone groups is 1. The Morgan fingerprint density at radius 3 is 2.27 bits per heavy atom. The van der Waals surface area contributed by atoms with Crippen molar-refractivity contribution in [3.05, 3.63) is 46.4 Å². The molecule has 0 fully saturated rings. The summed E-state index contributed by atoms with van der Waals surface area (Å²) >= 11 is 12.4. The smallest absolute Gasteiger partial charge is 0.248 e. The highest BCUT2D eigenvalue weighted by atomic mass is 35.5. The average molecular weight is 414 g/mol. The first-order valence-corrected chi connectivity index (χ1v) is 9.38. The van der Waals surface area contributed by atoms with E-state index in [-0.39, 0.29) is 31.7 Å². The van der Waals surface area contributed by atoms with Crippen molar-refractivity contribution in [2.45, 2.75) is 9.79 Å². The maximum absolute atomic E-state index is 12.9. The molecule has 0 bridgehead atoms. The van der Waals surface area contributed by atoms with E-state index in [9.17, 15) is 8.42 Å². The monoisotopic (exact) mass is 413 g/mol. The van der Waals surface area contributed by atoms with Crippen LogP contribution in [-0.4, -0.2) is 30.7 Å². The van der Waals surface area contributed by atoms with Gasteiger partial charge in [0, 0.05) is 5.69 Å². The minimum absolute atomic E-state index is 0.0423. The number of aromatic nitrogens is 3. The number of hydrogen-bond donors (Lipinski definition) is 3. The van der Waals surface area contributed by atoms with Gasteiger partial charge in [0.15, 0.2) is 0 Å². The molecular formula is C15H13Cl2N5O3S. The summed E-state index contributed by atoms with van der Waals surface area (Å²) in [5, 5.41) is 9.03. The van der Waals surface area contributed by atoms with Crippen LogP contribution in [0.4, 0.5) is 17.6 Å². The van der Waals surface area contributed by atoms with Crippen LogP contribution in [0.5, 0.6) is 5.75 Å². The van der Waals surface area contributed by atoms with E-state index in [1.165, 1.54) is 43.5 Å². The Balaban J connectivity index is 1.99. The van der Waals surface area contributed by atoms with Crippen molar-refractivity contribution in [3.8, 4) is 5.75 Å². The van der Waals surface area contributed by atoms with Gasteiger partial charge >= 0.3 is 0 Å². The lowest BCUT2D eigenvalue weighted by Crippen LogP contribution is -2.05. The molecule has 1 heterocycles. The normalized spacial score (nSPS) is 11.3. The Bertz CT molecular complexity index is 1030. The summed E-state index contributed by atoms with van der Waals surface area (Å²) < 4.78 is 30.8. The van der Waals surface area contributed by atoms with Crippen LogP contribution in [0.1, 0.15) is 0 Å². The molecule has 4 N–H and O–H groups in total. The van der Waals surface area contributed by atoms with Crippen molar-refractivity contribution in [3.63, 3.8) is 0 Å². The van der Waals surface area contributed by atoms with E-state index in [0.717, 1.165) is 0 Å². The number of benzene rings is 2. The van der Waals surface area contributed by atoms with Crippen molar-refractivity contribution in [2.75, 3.05) is 18.2 Å². The van der Waals surface area contributed by atoms with Crippen LogP contribution in [0, 0.1) is 0 Å². The number of nitrogen functional groups attached to an aromatic ring is 1. The number of nitrogens with zero attached hydrogens (tertiary/aromatic N) is 2. The number of halogens is 2. The zero-order valence-electron chi connectivity index (χ0n) is 13.3. The SMILES string of the molecule is COc1ccc(S(=O)(=O)c2c(Cl)cc(Nc3n[nH]c(N)n3)cc2Cl)cc1. The van der Waals surface area contributed by atoms with Crippen LogP contribution in [0.25, 0.3) is 0 Å². The van der Waals surface area contributed by atoms with Crippen molar-refractivity contribution in [1.29, 1.82) is 0 Å². The maximum atomic E-state index is 12.9. The molecule has 0 saturated heterocycles. The lowest BCUT2D eigenvalue weighted by atomic mass is 10.3. The van der Waals surface area contributed by atoms with E-state index in [2.05, 4.69) is 20.5 Å². The van der Waals surface area contributed by atoms with Gasteiger partial charge in [0.1, 0.15) is 10.6 Å². The molecule has 11 heteroatoms. The molecule has 0 radical (unpaired) electrons. The molecule has 26 heavy (non-hydrogen) atoms. The van der Waals surface area contributed by atoms with Crippen LogP contribution in [0.2, 0.25) is 10.0 Å². The molecule has 0 saturated carbocycles. The molecule has 2 aromatic carbocycles. The molecule has 0 atom stereocenters. The van der Waals surface area contributed by atoms with Gasteiger partial charge in [-0.25, -0.2) is 13.5 Å². The quantitative estimate of drug-likeness (QED) is 0.586. The molecule has 0 aliphatic carbocycles. The highest BCUT2D eigenvalue weighted by Gasteiger charge is 2.25. The second kappa shape index (κ2) is 7.02. The Labute approximate surface area is 159 Å². The van der Waals surface area contributed by atoms with Crippen molar-refractivity contribution >= 4 is 50.6 Å². The number of aromatic amines is 1. The summed E-state index contributed by atoms with van der Waals surface area (Å²) in [7, 11) is -2.42. The second-order valence-corrected chi connectivity index (χ2v) is 7.82. The number of hydrogen-bond acceptors (Lipinski definition) is 7. The van der Waals surface area contributed by atoms with Gasteiger partial charge in [-0.15, -0.1) is 5.10 Å². The van der Waals surface area contributed by atoms with E-state index in [0.29, 0.717) is 11.4 Å². The summed E-state index contributed by atoms with van der Waals surface area (Å²) in [6, 6.07) is 8.75. The first-order valence-electron chi connectivity index (χ1n) is 7.14. The molecule has 3 rings (SSSR count). The number of ether oxygens (including phenoxy) is 1.